The van der Waals surface area contributed by atoms with Crippen LogP contribution < -0.4 is 9.47 Å². The maximum absolute atomic E-state index is 11.5. The van der Waals surface area contributed by atoms with Crippen LogP contribution in [0.3, 0.4) is 0 Å². The summed E-state index contributed by atoms with van der Waals surface area (Å²) >= 11 is 0. The largest absolute Gasteiger partial charge is 0.493 e. The average molecular weight is 279 g/mol. The molecular weight excluding hydrogens is 258 g/mol. The van der Waals surface area contributed by atoms with Crippen molar-refractivity contribution in [1.82, 2.24) is 4.90 Å². The SMILES string of the molecule is CCOC(=O)CN1CCc2cc(OC)c(OC)cc2C1. The van der Waals surface area contributed by atoms with E-state index in [2.05, 4.69) is 4.90 Å². The Bertz CT molecular complexity index is 487. The molecule has 1 aliphatic heterocycles. The molecule has 0 radical (unpaired) electrons. The molecule has 0 bridgehead atoms. The summed E-state index contributed by atoms with van der Waals surface area (Å²) < 4.78 is 15.6. The van der Waals surface area contributed by atoms with Crippen LogP contribution in [-0.4, -0.2) is 44.8 Å². The van der Waals surface area contributed by atoms with Crippen molar-refractivity contribution in [2.75, 3.05) is 33.9 Å². The molecule has 0 saturated heterocycles. The Balaban J connectivity index is 2.11. The van der Waals surface area contributed by atoms with Gasteiger partial charge in [-0.1, -0.05) is 0 Å². The van der Waals surface area contributed by atoms with Crippen molar-refractivity contribution < 1.29 is 19.0 Å². The minimum absolute atomic E-state index is 0.170. The van der Waals surface area contributed by atoms with Crippen LogP contribution >= 0.6 is 0 Å². The van der Waals surface area contributed by atoms with Gasteiger partial charge in [0.15, 0.2) is 11.5 Å². The van der Waals surface area contributed by atoms with Gasteiger partial charge in [-0.3, -0.25) is 9.69 Å². The molecule has 110 valence electrons. The summed E-state index contributed by atoms with van der Waals surface area (Å²) in [6.45, 7) is 4.16. The number of esters is 1. The molecule has 0 amide bonds. The molecule has 5 heteroatoms. The Kier molecular flexibility index (Phi) is 4.84. The van der Waals surface area contributed by atoms with Gasteiger partial charge < -0.3 is 14.2 Å². The van der Waals surface area contributed by atoms with E-state index >= 15 is 0 Å². The molecule has 0 spiro atoms. The van der Waals surface area contributed by atoms with Crippen molar-refractivity contribution in [3.05, 3.63) is 23.3 Å². The third kappa shape index (κ3) is 3.22. The number of carbonyl (C=O) groups is 1. The molecule has 0 fully saturated rings. The lowest BCUT2D eigenvalue weighted by molar-refractivity contribution is -0.144. The first-order valence-electron chi connectivity index (χ1n) is 6.79. The number of hydrogen-bond acceptors (Lipinski definition) is 5. The van der Waals surface area contributed by atoms with E-state index in [1.54, 1.807) is 14.2 Å². The molecule has 0 aromatic heterocycles. The van der Waals surface area contributed by atoms with E-state index < -0.39 is 0 Å². The molecule has 0 N–H and O–H groups in total. The van der Waals surface area contributed by atoms with Crippen LogP contribution in [0.5, 0.6) is 11.5 Å². The summed E-state index contributed by atoms with van der Waals surface area (Å²) in [5.41, 5.74) is 2.43. The first-order valence-corrected chi connectivity index (χ1v) is 6.79. The molecule has 20 heavy (non-hydrogen) atoms. The lowest BCUT2D eigenvalue weighted by Crippen LogP contribution is -2.35. The van der Waals surface area contributed by atoms with Crippen molar-refractivity contribution in [2.45, 2.75) is 19.9 Å². The van der Waals surface area contributed by atoms with Gasteiger partial charge in [-0.25, -0.2) is 0 Å². The highest BCUT2D eigenvalue weighted by Gasteiger charge is 2.21. The monoisotopic (exact) mass is 279 g/mol. The molecule has 0 saturated carbocycles. The number of rotatable bonds is 5. The number of methoxy groups -OCH3 is 2. The Morgan fingerprint density at radius 1 is 1.20 bits per heavy atom. The van der Waals surface area contributed by atoms with Gasteiger partial charge in [0, 0.05) is 13.1 Å². The zero-order valence-electron chi connectivity index (χ0n) is 12.3. The quantitative estimate of drug-likeness (QED) is 0.767. The highest BCUT2D eigenvalue weighted by Crippen LogP contribution is 2.33. The molecule has 1 aromatic carbocycles. The molecule has 1 aromatic rings. The summed E-state index contributed by atoms with van der Waals surface area (Å²) in [6, 6.07) is 4.02. The van der Waals surface area contributed by atoms with Gasteiger partial charge >= 0.3 is 5.97 Å². The van der Waals surface area contributed by atoms with Crippen LogP contribution in [-0.2, 0) is 22.5 Å². The number of ether oxygens (including phenoxy) is 3. The fourth-order valence-corrected chi connectivity index (χ4v) is 2.47. The van der Waals surface area contributed by atoms with Crippen LogP contribution in [0, 0.1) is 0 Å². The highest BCUT2D eigenvalue weighted by molar-refractivity contribution is 5.71. The van der Waals surface area contributed by atoms with Gasteiger partial charge in [0.05, 0.1) is 27.4 Å². The number of hydrogen-bond donors (Lipinski definition) is 0. The zero-order chi connectivity index (χ0) is 14.5. The fraction of sp³-hybridized carbons (Fsp3) is 0.533. The van der Waals surface area contributed by atoms with E-state index in [0.29, 0.717) is 13.2 Å². The summed E-state index contributed by atoms with van der Waals surface area (Å²) in [4.78, 5) is 13.6. The standard InChI is InChI=1S/C15H21NO4/c1-4-20-15(17)10-16-6-5-11-7-13(18-2)14(19-3)8-12(11)9-16/h7-8H,4-6,9-10H2,1-3H3. The maximum atomic E-state index is 11.5. The average Bonchev–Trinajstić information content (AvgIpc) is 2.45. The smallest absolute Gasteiger partial charge is 0.320 e. The van der Waals surface area contributed by atoms with Gasteiger partial charge in [0.1, 0.15) is 0 Å². The second-order valence-corrected chi connectivity index (χ2v) is 4.74. The summed E-state index contributed by atoms with van der Waals surface area (Å²) in [6.07, 6.45) is 0.898. The van der Waals surface area contributed by atoms with Gasteiger partial charge in [0.2, 0.25) is 0 Å². The first kappa shape index (κ1) is 14.7. The number of benzene rings is 1. The van der Waals surface area contributed by atoms with Gasteiger partial charge in [0.25, 0.3) is 0 Å². The van der Waals surface area contributed by atoms with Crippen molar-refractivity contribution in [3.63, 3.8) is 0 Å². The number of nitrogens with zero attached hydrogens (tertiary/aromatic N) is 1. The predicted octanol–water partition coefficient (Wildman–Crippen LogP) is 1.62. The topological polar surface area (TPSA) is 48.0 Å². The molecule has 1 aliphatic rings. The second-order valence-electron chi connectivity index (χ2n) is 4.74. The van der Waals surface area contributed by atoms with Crippen LogP contribution in [0.25, 0.3) is 0 Å². The molecule has 0 atom stereocenters. The Labute approximate surface area is 119 Å². The molecule has 1 heterocycles. The summed E-state index contributed by atoms with van der Waals surface area (Å²) in [7, 11) is 3.27. The van der Waals surface area contributed by atoms with Crippen molar-refractivity contribution in [2.24, 2.45) is 0 Å². The Morgan fingerprint density at radius 2 is 1.85 bits per heavy atom. The zero-order valence-corrected chi connectivity index (χ0v) is 12.3. The lowest BCUT2D eigenvalue weighted by atomic mass is 9.99. The van der Waals surface area contributed by atoms with Crippen molar-refractivity contribution >= 4 is 5.97 Å². The maximum Gasteiger partial charge on any atom is 0.320 e. The van der Waals surface area contributed by atoms with Crippen LogP contribution in [0.1, 0.15) is 18.1 Å². The number of fused-ring (bicyclic) bond motifs is 1. The van der Waals surface area contributed by atoms with Crippen LogP contribution in [0.2, 0.25) is 0 Å². The minimum Gasteiger partial charge on any atom is -0.493 e. The normalized spacial score (nSPS) is 14.6. The van der Waals surface area contributed by atoms with Crippen molar-refractivity contribution in [1.29, 1.82) is 0 Å². The van der Waals surface area contributed by atoms with Gasteiger partial charge in [-0.05, 0) is 36.6 Å². The summed E-state index contributed by atoms with van der Waals surface area (Å²) in [5.74, 6) is 1.31. The van der Waals surface area contributed by atoms with E-state index in [-0.39, 0.29) is 5.97 Å². The van der Waals surface area contributed by atoms with E-state index in [9.17, 15) is 4.79 Å². The molecule has 5 nitrogen and oxygen atoms in total. The molecule has 0 unspecified atom stereocenters. The third-order valence-corrected chi connectivity index (χ3v) is 3.46. The second kappa shape index (κ2) is 6.61. The van der Waals surface area contributed by atoms with Crippen molar-refractivity contribution in [3.8, 4) is 11.5 Å². The fourth-order valence-electron chi connectivity index (χ4n) is 2.47. The van der Waals surface area contributed by atoms with E-state index in [0.717, 1.165) is 31.0 Å². The first-order chi connectivity index (χ1) is 9.67. The Morgan fingerprint density at radius 3 is 2.45 bits per heavy atom. The van der Waals surface area contributed by atoms with Crippen LogP contribution in [0.15, 0.2) is 12.1 Å². The predicted molar refractivity (Wildman–Crippen MR) is 75.2 cm³/mol. The lowest BCUT2D eigenvalue weighted by Gasteiger charge is -2.28. The minimum atomic E-state index is -0.170. The Hall–Kier alpha value is -1.75. The molecule has 0 aliphatic carbocycles. The molecular formula is C15H21NO4. The number of carbonyl (C=O) groups excluding carboxylic acids is 1. The van der Waals surface area contributed by atoms with Gasteiger partial charge in [-0.15, -0.1) is 0 Å². The van der Waals surface area contributed by atoms with Crippen LogP contribution in [0.4, 0.5) is 0 Å². The summed E-state index contributed by atoms with van der Waals surface area (Å²) in [5, 5.41) is 0. The highest BCUT2D eigenvalue weighted by atomic mass is 16.5. The van der Waals surface area contributed by atoms with E-state index in [1.165, 1.54) is 11.1 Å². The van der Waals surface area contributed by atoms with E-state index in [4.69, 9.17) is 14.2 Å². The van der Waals surface area contributed by atoms with E-state index in [1.807, 2.05) is 19.1 Å². The third-order valence-electron chi connectivity index (χ3n) is 3.46. The van der Waals surface area contributed by atoms with Gasteiger partial charge in [-0.2, -0.15) is 0 Å². The molecule has 2 rings (SSSR count).